The highest BCUT2D eigenvalue weighted by Crippen LogP contribution is 2.22. The molecule has 0 radical (unpaired) electrons. The van der Waals surface area contributed by atoms with Crippen LogP contribution in [0.3, 0.4) is 0 Å². The lowest BCUT2D eigenvalue weighted by Crippen LogP contribution is -2.25. The van der Waals surface area contributed by atoms with Gasteiger partial charge in [0, 0.05) is 23.2 Å². The zero-order valence-corrected chi connectivity index (χ0v) is 16.1. The summed E-state index contributed by atoms with van der Waals surface area (Å²) < 4.78 is 20.6. The number of benzene rings is 1. The van der Waals surface area contributed by atoms with Gasteiger partial charge in [-0.2, -0.15) is 4.98 Å². The molecule has 5 aromatic rings. The molecule has 0 unspecified atom stereocenters. The van der Waals surface area contributed by atoms with E-state index < -0.39 is 17.3 Å². The molecule has 0 spiro atoms. The van der Waals surface area contributed by atoms with Crippen molar-refractivity contribution in [1.82, 2.24) is 35.0 Å². The molecule has 0 atom stereocenters. The minimum atomic E-state index is -0.540. The smallest absolute Gasteiger partial charge is 0.261 e. The summed E-state index contributed by atoms with van der Waals surface area (Å²) in [5.41, 5.74) is 1.06. The van der Waals surface area contributed by atoms with Crippen molar-refractivity contribution in [1.29, 1.82) is 0 Å². The SMILES string of the molecule is Cc1noc(-c2cccn3c(CNC(=O)c4cc(=O)[nH]c5ccc(F)cc45)nnc23)n1. The fourth-order valence-corrected chi connectivity index (χ4v) is 3.33. The van der Waals surface area contributed by atoms with Gasteiger partial charge in [0.25, 0.3) is 11.8 Å². The minimum absolute atomic E-state index is 0.0237. The molecule has 4 heterocycles. The summed E-state index contributed by atoms with van der Waals surface area (Å²) in [7, 11) is 0. The summed E-state index contributed by atoms with van der Waals surface area (Å²) in [6.45, 7) is 1.73. The van der Waals surface area contributed by atoms with Crippen LogP contribution in [0.25, 0.3) is 28.0 Å². The first-order chi connectivity index (χ1) is 15.0. The van der Waals surface area contributed by atoms with Gasteiger partial charge in [0.2, 0.25) is 5.56 Å². The van der Waals surface area contributed by atoms with Crippen LogP contribution in [-0.2, 0) is 6.54 Å². The fourth-order valence-electron chi connectivity index (χ4n) is 3.33. The van der Waals surface area contributed by atoms with Crippen LogP contribution in [0.2, 0.25) is 0 Å². The van der Waals surface area contributed by atoms with E-state index in [1.807, 2.05) is 0 Å². The third-order valence-electron chi connectivity index (χ3n) is 4.72. The molecular formula is C20H14FN7O3. The van der Waals surface area contributed by atoms with Gasteiger partial charge in [0.15, 0.2) is 17.3 Å². The number of halogens is 1. The number of aromatic nitrogens is 6. The zero-order chi connectivity index (χ0) is 21.5. The van der Waals surface area contributed by atoms with Crippen LogP contribution >= 0.6 is 0 Å². The van der Waals surface area contributed by atoms with Crippen molar-refractivity contribution in [3.63, 3.8) is 0 Å². The van der Waals surface area contributed by atoms with Gasteiger partial charge in [0.1, 0.15) is 5.82 Å². The van der Waals surface area contributed by atoms with Crippen LogP contribution in [0.4, 0.5) is 4.39 Å². The Morgan fingerprint density at radius 1 is 1.26 bits per heavy atom. The first-order valence-corrected chi connectivity index (χ1v) is 9.24. The Morgan fingerprint density at radius 2 is 2.13 bits per heavy atom. The van der Waals surface area contributed by atoms with E-state index >= 15 is 0 Å². The number of rotatable bonds is 4. The number of amides is 1. The highest BCUT2D eigenvalue weighted by molar-refractivity contribution is 6.05. The Hall–Kier alpha value is -4.41. The molecule has 0 fully saturated rings. The number of nitrogens with one attached hydrogen (secondary N) is 2. The Morgan fingerprint density at radius 3 is 2.94 bits per heavy atom. The highest BCUT2D eigenvalue weighted by Gasteiger charge is 2.17. The molecule has 0 aliphatic rings. The number of aromatic amines is 1. The molecule has 1 amide bonds. The van der Waals surface area contributed by atoms with Gasteiger partial charge in [0.05, 0.1) is 17.7 Å². The third kappa shape index (κ3) is 3.31. The van der Waals surface area contributed by atoms with Gasteiger partial charge in [-0.25, -0.2) is 4.39 Å². The number of pyridine rings is 2. The maximum absolute atomic E-state index is 13.7. The van der Waals surface area contributed by atoms with Gasteiger partial charge < -0.3 is 14.8 Å². The van der Waals surface area contributed by atoms with E-state index in [1.54, 1.807) is 29.7 Å². The van der Waals surface area contributed by atoms with Crippen LogP contribution in [0, 0.1) is 12.7 Å². The highest BCUT2D eigenvalue weighted by atomic mass is 19.1. The average Bonchev–Trinajstić information content (AvgIpc) is 3.37. The molecule has 31 heavy (non-hydrogen) atoms. The van der Waals surface area contributed by atoms with Crippen molar-refractivity contribution in [3.05, 3.63) is 76.0 Å². The Balaban J connectivity index is 1.46. The van der Waals surface area contributed by atoms with Gasteiger partial charge in [-0.1, -0.05) is 5.16 Å². The lowest BCUT2D eigenvalue weighted by molar-refractivity contribution is 0.0951. The van der Waals surface area contributed by atoms with Crippen molar-refractivity contribution in [2.75, 3.05) is 0 Å². The van der Waals surface area contributed by atoms with Crippen molar-refractivity contribution in [2.45, 2.75) is 13.5 Å². The first kappa shape index (κ1) is 18.6. The molecule has 11 heteroatoms. The van der Waals surface area contributed by atoms with Crippen LogP contribution < -0.4 is 10.9 Å². The number of nitrogens with zero attached hydrogens (tertiary/aromatic N) is 5. The molecule has 4 aromatic heterocycles. The predicted octanol–water partition coefficient (Wildman–Crippen LogP) is 2.00. The minimum Gasteiger partial charge on any atom is -0.345 e. The number of aryl methyl sites for hydroxylation is 1. The lowest BCUT2D eigenvalue weighted by atomic mass is 10.1. The number of H-pyrrole nitrogens is 1. The largest absolute Gasteiger partial charge is 0.345 e. The van der Waals surface area contributed by atoms with E-state index in [1.165, 1.54) is 18.2 Å². The molecule has 0 bridgehead atoms. The predicted molar refractivity (Wildman–Crippen MR) is 107 cm³/mol. The van der Waals surface area contributed by atoms with E-state index in [-0.39, 0.29) is 12.1 Å². The molecule has 0 saturated carbocycles. The maximum Gasteiger partial charge on any atom is 0.261 e. The summed E-state index contributed by atoms with van der Waals surface area (Å²) in [5.74, 6) is 0.193. The number of hydrogen-bond acceptors (Lipinski definition) is 7. The van der Waals surface area contributed by atoms with Crippen LogP contribution in [0.1, 0.15) is 22.0 Å². The van der Waals surface area contributed by atoms with Gasteiger partial charge in [-0.05, 0) is 37.3 Å². The third-order valence-corrected chi connectivity index (χ3v) is 4.72. The first-order valence-electron chi connectivity index (χ1n) is 9.24. The summed E-state index contributed by atoms with van der Waals surface area (Å²) in [6.07, 6.45) is 1.74. The van der Waals surface area contributed by atoms with Gasteiger partial charge in [-0.15, -0.1) is 10.2 Å². The fraction of sp³-hybridized carbons (Fsp3) is 0.100. The van der Waals surface area contributed by atoms with Crippen molar-refractivity contribution >= 4 is 22.5 Å². The maximum atomic E-state index is 13.7. The van der Waals surface area contributed by atoms with E-state index in [4.69, 9.17) is 4.52 Å². The Bertz CT molecular complexity index is 1520. The summed E-state index contributed by atoms with van der Waals surface area (Å²) in [5, 5.41) is 15.1. The quantitative estimate of drug-likeness (QED) is 0.455. The zero-order valence-electron chi connectivity index (χ0n) is 16.1. The van der Waals surface area contributed by atoms with Crippen LogP contribution in [-0.4, -0.2) is 35.6 Å². The average molecular weight is 419 g/mol. The van der Waals surface area contributed by atoms with Crippen molar-refractivity contribution < 1.29 is 13.7 Å². The number of fused-ring (bicyclic) bond motifs is 2. The van der Waals surface area contributed by atoms with Gasteiger partial charge in [-0.3, -0.25) is 14.0 Å². The molecule has 2 N–H and O–H groups in total. The number of carbonyl (C=O) groups is 1. The molecule has 154 valence electrons. The molecule has 10 nitrogen and oxygen atoms in total. The molecule has 1 aromatic carbocycles. The monoisotopic (exact) mass is 419 g/mol. The van der Waals surface area contributed by atoms with Crippen LogP contribution in [0.5, 0.6) is 0 Å². The van der Waals surface area contributed by atoms with E-state index in [2.05, 4.69) is 30.6 Å². The van der Waals surface area contributed by atoms with Gasteiger partial charge >= 0.3 is 0 Å². The standard InChI is InChI=1S/C20H14FN7O3/c1-10-23-20(31-27-10)12-3-2-6-28-16(25-26-18(12)28)9-22-19(30)14-8-17(29)24-15-5-4-11(21)7-13(14)15/h2-8H,9H2,1H3,(H,22,30)(H,24,29). The second-order valence-corrected chi connectivity index (χ2v) is 6.80. The van der Waals surface area contributed by atoms with E-state index in [0.29, 0.717) is 39.7 Å². The number of carbonyl (C=O) groups excluding carboxylic acids is 1. The summed E-state index contributed by atoms with van der Waals surface area (Å²) >= 11 is 0. The molecule has 0 saturated heterocycles. The molecular weight excluding hydrogens is 405 g/mol. The second-order valence-electron chi connectivity index (χ2n) is 6.80. The molecule has 0 aliphatic carbocycles. The molecule has 5 rings (SSSR count). The lowest BCUT2D eigenvalue weighted by Gasteiger charge is -2.08. The Kier molecular flexibility index (Phi) is 4.28. The normalized spacial score (nSPS) is 11.3. The van der Waals surface area contributed by atoms with Crippen LogP contribution in [0.15, 0.2) is 51.9 Å². The topological polar surface area (TPSA) is 131 Å². The second kappa shape index (κ2) is 7.13. The molecule has 0 aliphatic heterocycles. The Labute approximate surface area is 172 Å². The van der Waals surface area contributed by atoms with E-state index in [0.717, 1.165) is 6.07 Å². The summed E-state index contributed by atoms with van der Waals surface area (Å²) in [6, 6.07) is 8.50. The number of hydrogen-bond donors (Lipinski definition) is 2. The summed E-state index contributed by atoms with van der Waals surface area (Å²) in [4.78, 5) is 31.5. The van der Waals surface area contributed by atoms with Crippen molar-refractivity contribution in [3.8, 4) is 11.5 Å². The van der Waals surface area contributed by atoms with E-state index in [9.17, 15) is 14.0 Å². The van der Waals surface area contributed by atoms with Crippen molar-refractivity contribution in [2.24, 2.45) is 0 Å².